The second-order valence-electron chi connectivity index (χ2n) is 4.14. The van der Waals surface area contributed by atoms with Crippen molar-refractivity contribution in [3.05, 3.63) is 18.3 Å². The first-order valence-electron chi connectivity index (χ1n) is 5.82. The Morgan fingerprint density at radius 3 is 3.05 bits per heavy atom. The maximum absolute atomic E-state index is 9.79. The standard InChI is InChI=1S/C10H16N6O2S/c1-7(10-14-12-6-16(10)2)11-3-8(17)5-18-9-4-13-19-15-9/h4,6-8,11,17H,3,5H2,1-2H3. The van der Waals surface area contributed by atoms with Gasteiger partial charge in [-0.15, -0.1) is 14.6 Å². The van der Waals surface area contributed by atoms with E-state index in [4.69, 9.17) is 4.74 Å². The third-order valence-electron chi connectivity index (χ3n) is 2.56. The number of aryl methyl sites for hydroxylation is 1. The molecule has 0 aliphatic carbocycles. The average Bonchev–Trinajstić information content (AvgIpc) is 3.04. The van der Waals surface area contributed by atoms with Crippen LogP contribution in [0, 0.1) is 0 Å². The van der Waals surface area contributed by atoms with Gasteiger partial charge in [0.05, 0.1) is 17.8 Å². The van der Waals surface area contributed by atoms with Gasteiger partial charge in [-0.2, -0.15) is 4.37 Å². The van der Waals surface area contributed by atoms with Gasteiger partial charge in [0.15, 0.2) is 0 Å². The van der Waals surface area contributed by atoms with E-state index in [0.29, 0.717) is 12.4 Å². The molecule has 0 saturated carbocycles. The molecule has 2 aromatic heterocycles. The van der Waals surface area contributed by atoms with Gasteiger partial charge in [0.2, 0.25) is 5.88 Å². The lowest BCUT2D eigenvalue weighted by atomic mass is 10.3. The molecule has 9 heteroatoms. The zero-order chi connectivity index (χ0) is 13.7. The summed E-state index contributed by atoms with van der Waals surface area (Å²) >= 11 is 1.07. The zero-order valence-electron chi connectivity index (χ0n) is 10.7. The molecular weight excluding hydrogens is 268 g/mol. The summed E-state index contributed by atoms with van der Waals surface area (Å²) in [6.07, 6.45) is 2.53. The Kier molecular flexibility index (Phi) is 4.77. The Hall–Kier alpha value is -1.58. The van der Waals surface area contributed by atoms with Gasteiger partial charge in [0.1, 0.15) is 31.1 Å². The molecule has 0 aliphatic rings. The van der Waals surface area contributed by atoms with E-state index in [9.17, 15) is 5.11 Å². The second kappa shape index (κ2) is 6.55. The van der Waals surface area contributed by atoms with Crippen molar-refractivity contribution in [2.45, 2.75) is 19.1 Å². The predicted molar refractivity (Wildman–Crippen MR) is 68.8 cm³/mol. The van der Waals surface area contributed by atoms with Crippen LogP contribution in [-0.2, 0) is 7.05 Å². The van der Waals surface area contributed by atoms with E-state index in [2.05, 4.69) is 24.3 Å². The van der Waals surface area contributed by atoms with Gasteiger partial charge in [0.25, 0.3) is 0 Å². The molecule has 2 atom stereocenters. The molecule has 0 aromatic carbocycles. The third kappa shape index (κ3) is 3.94. The highest BCUT2D eigenvalue weighted by Crippen LogP contribution is 2.08. The molecule has 2 aromatic rings. The Labute approximate surface area is 114 Å². The van der Waals surface area contributed by atoms with Crippen LogP contribution in [0.1, 0.15) is 18.8 Å². The summed E-state index contributed by atoms with van der Waals surface area (Å²) in [5, 5.41) is 20.8. The van der Waals surface area contributed by atoms with Gasteiger partial charge in [-0.3, -0.25) is 0 Å². The number of hydrogen-bond acceptors (Lipinski definition) is 8. The Bertz CT molecular complexity index is 488. The van der Waals surface area contributed by atoms with Crippen LogP contribution in [0.2, 0.25) is 0 Å². The molecule has 104 valence electrons. The minimum absolute atomic E-state index is 0.00286. The number of nitrogens with zero attached hydrogens (tertiary/aromatic N) is 5. The zero-order valence-corrected chi connectivity index (χ0v) is 11.5. The fourth-order valence-corrected chi connectivity index (χ4v) is 1.91. The summed E-state index contributed by atoms with van der Waals surface area (Å²) in [6.45, 7) is 2.53. The fraction of sp³-hybridized carbons (Fsp3) is 0.600. The maximum Gasteiger partial charge on any atom is 0.245 e. The molecule has 0 radical (unpaired) electrons. The van der Waals surface area contributed by atoms with Crippen LogP contribution in [0.4, 0.5) is 0 Å². The van der Waals surface area contributed by atoms with Crippen molar-refractivity contribution in [1.82, 2.24) is 28.8 Å². The number of rotatable bonds is 7. The van der Waals surface area contributed by atoms with E-state index in [-0.39, 0.29) is 12.6 Å². The van der Waals surface area contributed by atoms with Crippen molar-refractivity contribution in [2.75, 3.05) is 13.2 Å². The molecule has 19 heavy (non-hydrogen) atoms. The smallest absolute Gasteiger partial charge is 0.245 e. The highest BCUT2D eigenvalue weighted by molar-refractivity contribution is 6.99. The van der Waals surface area contributed by atoms with Crippen molar-refractivity contribution in [2.24, 2.45) is 7.05 Å². The highest BCUT2D eigenvalue weighted by Gasteiger charge is 2.13. The topological polar surface area (TPSA) is 98.0 Å². The van der Waals surface area contributed by atoms with E-state index in [1.165, 1.54) is 6.20 Å². The lowest BCUT2D eigenvalue weighted by Crippen LogP contribution is -2.33. The van der Waals surface area contributed by atoms with Gasteiger partial charge in [-0.1, -0.05) is 0 Å². The largest absolute Gasteiger partial charge is 0.473 e. The summed E-state index contributed by atoms with van der Waals surface area (Å²) in [6, 6.07) is 0.00286. The summed E-state index contributed by atoms with van der Waals surface area (Å²) in [7, 11) is 1.88. The Balaban J connectivity index is 1.71. The maximum atomic E-state index is 9.79. The molecule has 2 N–H and O–H groups in total. The van der Waals surface area contributed by atoms with Gasteiger partial charge < -0.3 is 19.7 Å². The molecule has 0 amide bonds. The molecule has 0 fully saturated rings. The normalized spacial score (nSPS) is 14.3. The van der Waals surface area contributed by atoms with E-state index < -0.39 is 6.10 Å². The van der Waals surface area contributed by atoms with E-state index >= 15 is 0 Å². The number of ether oxygens (including phenoxy) is 1. The Morgan fingerprint density at radius 2 is 2.42 bits per heavy atom. The first-order valence-corrected chi connectivity index (χ1v) is 6.55. The van der Waals surface area contributed by atoms with Crippen LogP contribution in [0.5, 0.6) is 5.88 Å². The Morgan fingerprint density at radius 1 is 1.58 bits per heavy atom. The van der Waals surface area contributed by atoms with Crippen LogP contribution in [0.15, 0.2) is 12.5 Å². The predicted octanol–water partition coefficient (Wildman–Crippen LogP) is -0.243. The second-order valence-corrected chi connectivity index (χ2v) is 4.70. The molecule has 0 bridgehead atoms. The summed E-state index contributed by atoms with van der Waals surface area (Å²) in [5.74, 6) is 1.25. The number of hydrogen-bond donors (Lipinski definition) is 2. The van der Waals surface area contributed by atoms with Crippen molar-refractivity contribution in [3.63, 3.8) is 0 Å². The molecule has 8 nitrogen and oxygen atoms in total. The molecular formula is C10H16N6O2S. The number of aliphatic hydroxyl groups excluding tert-OH is 1. The molecule has 0 spiro atoms. The van der Waals surface area contributed by atoms with Crippen molar-refractivity contribution < 1.29 is 9.84 Å². The monoisotopic (exact) mass is 284 g/mol. The first kappa shape index (κ1) is 13.8. The van der Waals surface area contributed by atoms with Crippen LogP contribution in [-0.4, -0.2) is 47.9 Å². The molecule has 2 unspecified atom stereocenters. The molecule has 2 rings (SSSR count). The number of aliphatic hydroxyl groups is 1. The third-order valence-corrected chi connectivity index (χ3v) is 3.02. The number of nitrogens with one attached hydrogen (secondary N) is 1. The van der Waals surface area contributed by atoms with E-state index in [1.807, 2.05) is 18.5 Å². The fourth-order valence-electron chi connectivity index (χ4n) is 1.55. The minimum Gasteiger partial charge on any atom is -0.473 e. The lowest BCUT2D eigenvalue weighted by Gasteiger charge is -2.16. The van der Waals surface area contributed by atoms with Crippen molar-refractivity contribution in [1.29, 1.82) is 0 Å². The van der Waals surface area contributed by atoms with Crippen LogP contribution >= 0.6 is 11.7 Å². The molecule has 0 saturated heterocycles. The van der Waals surface area contributed by atoms with Crippen LogP contribution in [0.3, 0.4) is 0 Å². The molecule has 2 heterocycles. The van der Waals surface area contributed by atoms with E-state index in [0.717, 1.165) is 17.6 Å². The van der Waals surface area contributed by atoms with Gasteiger partial charge in [-0.25, -0.2) is 0 Å². The minimum atomic E-state index is -0.627. The lowest BCUT2D eigenvalue weighted by molar-refractivity contribution is 0.102. The summed E-state index contributed by atoms with van der Waals surface area (Å²) in [4.78, 5) is 0. The van der Waals surface area contributed by atoms with Gasteiger partial charge in [0, 0.05) is 13.6 Å². The van der Waals surface area contributed by atoms with Gasteiger partial charge >= 0.3 is 0 Å². The van der Waals surface area contributed by atoms with Crippen molar-refractivity contribution in [3.8, 4) is 5.88 Å². The average molecular weight is 284 g/mol. The highest BCUT2D eigenvalue weighted by atomic mass is 32.1. The quantitative estimate of drug-likeness (QED) is 0.724. The summed E-state index contributed by atoms with van der Waals surface area (Å²) < 4.78 is 14.8. The van der Waals surface area contributed by atoms with Crippen LogP contribution in [0.25, 0.3) is 0 Å². The van der Waals surface area contributed by atoms with Gasteiger partial charge in [-0.05, 0) is 6.92 Å². The van der Waals surface area contributed by atoms with Crippen LogP contribution < -0.4 is 10.1 Å². The number of aromatic nitrogens is 5. The summed E-state index contributed by atoms with van der Waals surface area (Å²) in [5.41, 5.74) is 0. The SMILES string of the molecule is CC(NCC(O)COc1cnsn1)c1nncn1C. The first-order chi connectivity index (χ1) is 9.16. The van der Waals surface area contributed by atoms with E-state index in [1.54, 1.807) is 6.33 Å². The van der Waals surface area contributed by atoms with Crippen molar-refractivity contribution >= 4 is 11.7 Å². The molecule has 0 aliphatic heterocycles.